The Bertz CT molecular complexity index is 1120. The number of nitrogens with one attached hydrogen (secondary N) is 1. The molecule has 1 aromatic heterocycles. The number of hydrogen-bond donors (Lipinski definition) is 3. The van der Waals surface area contributed by atoms with Gasteiger partial charge < -0.3 is 10.2 Å². The molecule has 164 valence electrons. The monoisotopic (exact) mass is 473 g/mol. The normalized spacial score (nSPS) is 13.8. The highest BCUT2D eigenvalue weighted by Gasteiger charge is 2.38. The molecule has 2 aromatic carbocycles. The molecule has 0 aliphatic rings. The minimum absolute atomic E-state index is 0.253. The van der Waals surface area contributed by atoms with Gasteiger partial charge in [-0.05, 0) is 36.4 Å². The van der Waals surface area contributed by atoms with Crippen molar-refractivity contribution in [2.45, 2.75) is 18.5 Å². The van der Waals surface area contributed by atoms with Crippen LogP contribution in [0.15, 0.2) is 59.4 Å². The van der Waals surface area contributed by atoms with E-state index in [1.165, 1.54) is 12.1 Å². The third-order valence-corrected chi connectivity index (χ3v) is 4.80. The average molecular weight is 474 g/mol. The van der Waals surface area contributed by atoms with E-state index in [9.17, 15) is 23.1 Å². The lowest BCUT2D eigenvalue weighted by Gasteiger charge is -2.19. The number of aliphatic hydroxyl groups excluding tert-OH is 2. The van der Waals surface area contributed by atoms with Crippen LogP contribution in [0.4, 0.5) is 13.2 Å². The van der Waals surface area contributed by atoms with Crippen LogP contribution in [0.1, 0.15) is 11.8 Å². The van der Waals surface area contributed by atoms with Crippen LogP contribution in [0.2, 0.25) is 10.0 Å². The molecule has 0 fully saturated rings. The molecule has 0 radical (unpaired) electrons. The fraction of sp³-hybridized carbons (Fsp3) is 0.200. The molecule has 0 saturated carbocycles. The lowest BCUT2D eigenvalue weighted by Crippen LogP contribution is -2.41. The summed E-state index contributed by atoms with van der Waals surface area (Å²) >= 11 is 11.9. The van der Waals surface area contributed by atoms with E-state index in [1.54, 1.807) is 42.5 Å². The molecule has 0 aliphatic heterocycles. The molecule has 0 saturated heterocycles. The Kier molecular flexibility index (Phi) is 7.03. The molecule has 31 heavy (non-hydrogen) atoms. The molecule has 3 aromatic rings. The second-order valence-corrected chi connectivity index (χ2v) is 7.43. The molecular weight excluding hydrogens is 458 g/mol. The minimum Gasteiger partial charge on any atom is -0.382 e. The summed E-state index contributed by atoms with van der Waals surface area (Å²) in [6.07, 6.45) is -9.39. The summed E-state index contributed by atoms with van der Waals surface area (Å²) in [7, 11) is 0. The van der Waals surface area contributed by atoms with Gasteiger partial charge in [-0.2, -0.15) is 23.0 Å². The summed E-state index contributed by atoms with van der Waals surface area (Å²) in [4.78, 5) is 13.0. The van der Waals surface area contributed by atoms with Crippen LogP contribution in [-0.4, -0.2) is 38.8 Å². The van der Waals surface area contributed by atoms with Crippen molar-refractivity contribution in [1.82, 2.24) is 15.1 Å². The van der Waals surface area contributed by atoms with Gasteiger partial charge in [0.05, 0.1) is 16.9 Å². The summed E-state index contributed by atoms with van der Waals surface area (Å²) in [5.41, 5.74) is 0.0419. The molecule has 0 aliphatic carbocycles. The second-order valence-electron chi connectivity index (χ2n) is 6.56. The molecule has 1 heterocycles. The number of nitrogens with zero attached hydrogens (tertiary/aromatic N) is 2. The molecule has 2 atom stereocenters. The van der Waals surface area contributed by atoms with Gasteiger partial charge in [-0.1, -0.05) is 41.4 Å². The van der Waals surface area contributed by atoms with E-state index in [0.29, 0.717) is 15.6 Å². The van der Waals surface area contributed by atoms with E-state index in [0.717, 1.165) is 4.68 Å². The standard InChI is InChI=1S/C20H16Cl2F3N3O3/c21-12-6-4-11(5-7-12)16-9-15(18(30)26-10-17(29)20(23,24)25)19(31)28(27-16)14-3-1-2-13(22)8-14/h1-9,17-18,26,29-30H,10H2. The van der Waals surface area contributed by atoms with E-state index >= 15 is 0 Å². The molecular formula is C20H16Cl2F3N3O3. The van der Waals surface area contributed by atoms with Crippen molar-refractivity contribution < 1.29 is 23.4 Å². The zero-order valence-electron chi connectivity index (χ0n) is 15.6. The van der Waals surface area contributed by atoms with Crippen LogP contribution in [0.3, 0.4) is 0 Å². The predicted molar refractivity (Wildman–Crippen MR) is 110 cm³/mol. The molecule has 0 bridgehead atoms. The molecule has 0 spiro atoms. The Morgan fingerprint density at radius 2 is 1.71 bits per heavy atom. The highest BCUT2D eigenvalue weighted by atomic mass is 35.5. The highest BCUT2D eigenvalue weighted by molar-refractivity contribution is 6.31. The molecule has 6 nitrogen and oxygen atoms in total. The lowest BCUT2D eigenvalue weighted by molar-refractivity contribution is -0.203. The van der Waals surface area contributed by atoms with Crippen LogP contribution in [0, 0.1) is 0 Å². The highest BCUT2D eigenvalue weighted by Crippen LogP contribution is 2.23. The molecule has 0 amide bonds. The number of halogens is 5. The van der Waals surface area contributed by atoms with E-state index < -0.39 is 30.6 Å². The van der Waals surface area contributed by atoms with Crippen LogP contribution >= 0.6 is 23.2 Å². The van der Waals surface area contributed by atoms with Gasteiger partial charge in [-0.15, -0.1) is 0 Å². The second kappa shape index (κ2) is 9.37. The topological polar surface area (TPSA) is 87.4 Å². The van der Waals surface area contributed by atoms with Gasteiger partial charge in [0.1, 0.15) is 6.23 Å². The van der Waals surface area contributed by atoms with Gasteiger partial charge in [-0.3, -0.25) is 10.1 Å². The van der Waals surface area contributed by atoms with Gasteiger partial charge in [0, 0.05) is 22.2 Å². The quantitative estimate of drug-likeness (QED) is 0.475. The van der Waals surface area contributed by atoms with Gasteiger partial charge in [-0.25, -0.2) is 0 Å². The maximum absolute atomic E-state index is 13.0. The minimum atomic E-state index is -4.87. The van der Waals surface area contributed by atoms with Crippen molar-refractivity contribution in [3.05, 3.63) is 80.6 Å². The number of alkyl halides is 3. The smallest absolute Gasteiger partial charge is 0.382 e. The SMILES string of the molecule is O=c1c(C(O)NCC(O)C(F)(F)F)cc(-c2ccc(Cl)cc2)nn1-c1cccc(Cl)c1. The van der Waals surface area contributed by atoms with Gasteiger partial charge in [0.25, 0.3) is 5.56 Å². The fourth-order valence-electron chi connectivity index (χ4n) is 2.70. The van der Waals surface area contributed by atoms with Crippen molar-refractivity contribution in [3.63, 3.8) is 0 Å². The van der Waals surface area contributed by atoms with E-state index in [1.807, 2.05) is 0 Å². The van der Waals surface area contributed by atoms with Crippen molar-refractivity contribution >= 4 is 23.2 Å². The van der Waals surface area contributed by atoms with Crippen molar-refractivity contribution in [3.8, 4) is 16.9 Å². The van der Waals surface area contributed by atoms with Crippen LogP contribution in [-0.2, 0) is 0 Å². The largest absolute Gasteiger partial charge is 0.415 e. The maximum atomic E-state index is 13.0. The summed E-state index contributed by atoms with van der Waals surface area (Å²) < 4.78 is 38.6. The first-order chi connectivity index (χ1) is 14.6. The van der Waals surface area contributed by atoms with E-state index in [4.69, 9.17) is 28.3 Å². The van der Waals surface area contributed by atoms with Crippen LogP contribution in [0.25, 0.3) is 16.9 Å². The maximum Gasteiger partial charge on any atom is 0.415 e. The van der Waals surface area contributed by atoms with Gasteiger partial charge in [0.2, 0.25) is 0 Å². The predicted octanol–water partition coefficient (Wildman–Crippen LogP) is 3.71. The zero-order valence-corrected chi connectivity index (χ0v) is 17.2. The summed E-state index contributed by atoms with van der Waals surface area (Å²) in [6, 6.07) is 13.9. The summed E-state index contributed by atoms with van der Waals surface area (Å²) in [6.45, 7) is -1.01. The Balaban J connectivity index is 2.07. The van der Waals surface area contributed by atoms with E-state index in [2.05, 4.69) is 10.4 Å². The van der Waals surface area contributed by atoms with Crippen molar-refractivity contribution in [1.29, 1.82) is 0 Å². The van der Waals surface area contributed by atoms with Crippen LogP contribution < -0.4 is 10.9 Å². The number of rotatable bonds is 6. The number of aromatic nitrogens is 2. The number of hydrogen-bond acceptors (Lipinski definition) is 5. The number of benzene rings is 2. The fourth-order valence-corrected chi connectivity index (χ4v) is 3.01. The average Bonchev–Trinajstić information content (AvgIpc) is 2.72. The third kappa shape index (κ3) is 5.63. The first-order valence-electron chi connectivity index (χ1n) is 8.88. The van der Waals surface area contributed by atoms with Gasteiger partial charge >= 0.3 is 6.18 Å². The molecule has 2 unspecified atom stereocenters. The Labute approximate surface area is 184 Å². The number of aliphatic hydroxyl groups is 2. The lowest BCUT2D eigenvalue weighted by atomic mass is 10.1. The van der Waals surface area contributed by atoms with Crippen molar-refractivity contribution in [2.24, 2.45) is 0 Å². The Hall–Kier alpha value is -2.43. The van der Waals surface area contributed by atoms with Crippen LogP contribution in [0.5, 0.6) is 0 Å². The van der Waals surface area contributed by atoms with Gasteiger partial charge in [0.15, 0.2) is 6.10 Å². The van der Waals surface area contributed by atoms with E-state index in [-0.39, 0.29) is 16.9 Å². The zero-order chi connectivity index (χ0) is 22.8. The molecule has 11 heteroatoms. The molecule has 3 N–H and O–H groups in total. The summed E-state index contributed by atoms with van der Waals surface area (Å²) in [5.74, 6) is 0. The first-order valence-corrected chi connectivity index (χ1v) is 9.64. The first kappa shape index (κ1) is 23.2. The summed E-state index contributed by atoms with van der Waals surface area (Å²) in [5, 5.41) is 26.7. The molecule has 3 rings (SSSR count). The van der Waals surface area contributed by atoms with Crippen molar-refractivity contribution in [2.75, 3.05) is 6.54 Å². The Morgan fingerprint density at radius 3 is 2.32 bits per heavy atom. The Morgan fingerprint density at radius 1 is 1.03 bits per heavy atom. The third-order valence-electron chi connectivity index (χ3n) is 4.31.